The molecule has 8 heteroatoms. The minimum Gasteiger partial charge on any atom is -0.394 e. The molecule has 174 valence electrons. The summed E-state index contributed by atoms with van der Waals surface area (Å²) in [6, 6.07) is 14.1. The lowest BCUT2D eigenvalue weighted by atomic mass is 9.89. The highest BCUT2D eigenvalue weighted by Gasteiger charge is 2.25. The predicted octanol–water partition coefficient (Wildman–Crippen LogP) is 3.02. The summed E-state index contributed by atoms with van der Waals surface area (Å²) >= 11 is 0. The number of benzene rings is 2. The van der Waals surface area contributed by atoms with Gasteiger partial charge in [0.2, 0.25) is 0 Å². The van der Waals surface area contributed by atoms with Gasteiger partial charge in [-0.15, -0.1) is 0 Å². The minimum atomic E-state index is -0.516. The van der Waals surface area contributed by atoms with Gasteiger partial charge in [-0.05, 0) is 61.1 Å². The zero-order valence-corrected chi connectivity index (χ0v) is 19.0. The summed E-state index contributed by atoms with van der Waals surface area (Å²) in [4.78, 5) is 27.2. The van der Waals surface area contributed by atoms with Crippen LogP contribution in [-0.2, 0) is 4.74 Å². The number of carbonyl (C=O) groups excluding carboxylic acids is 2. The molecule has 2 aromatic carbocycles. The Balaban J connectivity index is 1.61. The van der Waals surface area contributed by atoms with Gasteiger partial charge in [-0.2, -0.15) is 5.26 Å². The summed E-state index contributed by atoms with van der Waals surface area (Å²) < 4.78 is 4.97. The Morgan fingerprint density at radius 1 is 1.21 bits per heavy atom. The molecule has 8 nitrogen and oxygen atoms in total. The second-order valence-electron chi connectivity index (χ2n) is 8.26. The SMILES string of the molecule is COC[C@@H](CO)NC(=O)Nc1cc(C(=O)N2CCC(c3ccc(C#N)cc3)CC2)ccc1C. The highest BCUT2D eigenvalue weighted by molar-refractivity contribution is 5.97. The second-order valence-corrected chi connectivity index (χ2v) is 8.26. The number of urea groups is 1. The summed E-state index contributed by atoms with van der Waals surface area (Å²) in [6.07, 6.45) is 1.72. The van der Waals surface area contributed by atoms with Crippen molar-refractivity contribution < 1.29 is 19.4 Å². The van der Waals surface area contributed by atoms with Gasteiger partial charge in [0.1, 0.15) is 0 Å². The molecule has 0 aromatic heterocycles. The molecular formula is C25H30N4O4. The summed E-state index contributed by atoms with van der Waals surface area (Å²) in [6.45, 7) is 3.11. The topological polar surface area (TPSA) is 115 Å². The fourth-order valence-electron chi connectivity index (χ4n) is 4.00. The smallest absolute Gasteiger partial charge is 0.319 e. The maximum Gasteiger partial charge on any atom is 0.319 e. The van der Waals surface area contributed by atoms with Gasteiger partial charge in [-0.1, -0.05) is 18.2 Å². The number of hydrogen-bond acceptors (Lipinski definition) is 5. The zero-order chi connectivity index (χ0) is 23.8. The van der Waals surface area contributed by atoms with Gasteiger partial charge in [-0.3, -0.25) is 4.79 Å². The van der Waals surface area contributed by atoms with Crippen LogP contribution in [0.3, 0.4) is 0 Å². The molecule has 1 heterocycles. The van der Waals surface area contributed by atoms with E-state index in [0.29, 0.717) is 35.8 Å². The van der Waals surface area contributed by atoms with Crippen molar-refractivity contribution in [1.29, 1.82) is 5.26 Å². The first-order valence-electron chi connectivity index (χ1n) is 11.0. The Hall–Kier alpha value is -3.41. The Labute approximate surface area is 194 Å². The number of nitrogens with one attached hydrogen (secondary N) is 2. The van der Waals surface area contributed by atoms with Crippen molar-refractivity contribution in [3.63, 3.8) is 0 Å². The Bertz CT molecular complexity index is 1010. The molecule has 3 rings (SSSR count). The molecule has 0 bridgehead atoms. The molecule has 0 saturated carbocycles. The fourth-order valence-corrected chi connectivity index (χ4v) is 4.00. The fraction of sp³-hybridized carbons (Fsp3) is 0.400. The summed E-state index contributed by atoms with van der Waals surface area (Å²) in [7, 11) is 1.49. The van der Waals surface area contributed by atoms with Gasteiger partial charge in [-0.25, -0.2) is 4.79 Å². The number of ether oxygens (including phenoxy) is 1. The van der Waals surface area contributed by atoms with Crippen molar-refractivity contribution in [2.75, 3.05) is 38.7 Å². The van der Waals surface area contributed by atoms with Crippen LogP contribution in [0, 0.1) is 18.3 Å². The highest BCUT2D eigenvalue weighted by Crippen LogP contribution is 2.29. The molecule has 1 aliphatic heterocycles. The molecule has 0 spiro atoms. The number of aliphatic hydroxyl groups is 1. The maximum absolute atomic E-state index is 13.1. The van der Waals surface area contributed by atoms with Crippen LogP contribution in [0.1, 0.15) is 45.8 Å². The van der Waals surface area contributed by atoms with Gasteiger partial charge in [0.05, 0.1) is 30.9 Å². The molecule has 0 unspecified atom stereocenters. The Morgan fingerprint density at radius 2 is 1.91 bits per heavy atom. The molecule has 1 fully saturated rings. The van der Waals surface area contributed by atoms with E-state index >= 15 is 0 Å². The van der Waals surface area contributed by atoms with Crippen molar-refractivity contribution in [2.24, 2.45) is 0 Å². The molecule has 0 radical (unpaired) electrons. The summed E-state index contributed by atoms with van der Waals surface area (Å²) in [5, 5.41) is 23.7. The van der Waals surface area contributed by atoms with Crippen LogP contribution >= 0.6 is 0 Å². The van der Waals surface area contributed by atoms with E-state index in [9.17, 15) is 14.7 Å². The lowest BCUT2D eigenvalue weighted by molar-refractivity contribution is 0.0713. The molecule has 1 aliphatic rings. The molecule has 3 N–H and O–H groups in total. The van der Waals surface area contributed by atoms with Crippen LogP contribution in [-0.4, -0.2) is 61.4 Å². The van der Waals surface area contributed by atoms with Crippen LogP contribution in [0.4, 0.5) is 10.5 Å². The molecule has 33 heavy (non-hydrogen) atoms. The molecule has 0 aliphatic carbocycles. The number of carbonyl (C=O) groups is 2. The number of piperidine rings is 1. The van der Waals surface area contributed by atoms with Gasteiger partial charge < -0.3 is 25.4 Å². The van der Waals surface area contributed by atoms with Crippen molar-refractivity contribution in [3.8, 4) is 6.07 Å². The van der Waals surface area contributed by atoms with Crippen LogP contribution < -0.4 is 10.6 Å². The third-order valence-corrected chi connectivity index (χ3v) is 5.95. The number of aliphatic hydroxyl groups excluding tert-OH is 1. The van der Waals surface area contributed by atoms with Gasteiger partial charge in [0.15, 0.2) is 0 Å². The number of hydrogen-bond donors (Lipinski definition) is 3. The monoisotopic (exact) mass is 450 g/mol. The summed E-state index contributed by atoms with van der Waals surface area (Å²) in [5.41, 5.74) is 3.73. The number of anilines is 1. The molecule has 1 atom stereocenters. The number of likely N-dealkylation sites (tertiary alicyclic amines) is 1. The van der Waals surface area contributed by atoms with E-state index in [0.717, 1.165) is 18.4 Å². The van der Waals surface area contributed by atoms with E-state index in [2.05, 4.69) is 16.7 Å². The summed E-state index contributed by atoms with van der Waals surface area (Å²) in [5.74, 6) is 0.302. The first-order chi connectivity index (χ1) is 15.9. The highest BCUT2D eigenvalue weighted by atomic mass is 16.5. The molecular weight excluding hydrogens is 420 g/mol. The standard InChI is InChI=1S/C25H30N4O4/c1-17-3-6-21(13-23(17)28-25(32)27-22(15-30)16-33-2)24(31)29-11-9-20(10-12-29)19-7-4-18(14-26)5-8-19/h3-8,13,20,22,30H,9-12,15-16H2,1-2H3,(H2,27,28,32)/t22-/m1/s1. The van der Waals surface area contributed by atoms with Crippen molar-refractivity contribution in [1.82, 2.24) is 10.2 Å². The normalized spacial score (nSPS) is 14.9. The molecule has 2 aromatic rings. The third-order valence-electron chi connectivity index (χ3n) is 5.95. The van der Waals surface area contributed by atoms with Crippen molar-refractivity contribution in [2.45, 2.75) is 31.7 Å². The van der Waals surface area contributed by atoms with Crippen LogP contribution in [0.25, 0.3) is 0 Å². The van der Waals surface area contributed by atoms with E-state index in [1.165, 1.54) is 12.7 Å². The van der Waals surface area contributed by atoms with Crippen LogP contribution in [0.2, 0.25) is 0 Å². The molecule has 1 saturated heterocycles. The van der Waals surface area contributed by atoms with Crippen LogP contribution in [0.15, 0.2) is 42.5 Å². The Morgan fingerprint density at radius 3 is 2.52 bits per heavy atom. The number of nitrogens with zero attached hydrogens (tertiary/aromatic N) is 2. The number of methoxy groups -OCH3 is 1. The minimum absolute atomic E-state index is 0.0654. The van der Waals surface area contributed by atoms with E-state index in [-0.39, 0.29) is 19.1 Å². The Kier molecular flexibility index (Phi) is 8.41. The van der Waals surface area contributed by atoms with Gasteiger partial charge in [0, 0.05) is 31.5 Å². The first kappa shape index (κ1) is 24.2. The third kappa shape index (κ3) is 6.31. The maximum atomic E-state index is 13.1. The quantitative estimate of drug-likeness (QED) is 0.600. The number of nitriles is 1. The first-order valence-corrected chi connectivity index (χ1v) is 11.0. The lowest BCUT2D eigenvalue weighted by Gasteiger charge is -2.32. The van der Waals surface area contributed by atoms with Gasteiger partial charge in [0.25, 0.3) is 5.91 Å². The van der Waals surface area contributed by atoms with E-state index in [4.69, 9.17) is 10.00 Å². The number of aryl methyl sites for hydroxylation is 1. The van der Waals surface area contributed by atoms with E-state index < -0.39 is 12.1 Å². The van der Waals surface area contributed by atoms with E-state index in [1.54, 1.807) is 12.1 Å². The average Bonchev–Trinajstić information content (AvgIpc) is 2.84. The van der Waals surface area contributed by atoms with Gasteiger partial charge >= 0.3 is 6.03 Å². The van der Waals surface area contributed by atoms with Crippen LogP contribution in [0.5, 0.6) is 0 Å². The second kappa shape index (κ2) is 11.5. The van der Waals surface area contributed by atoms with Crippen molar-refractivity contribution >= 4 is 17.6 Å². The lowest BCUT2D eigenvalue weighted by Crippen LogP contribution is -2.43. The molecule has 3 amide bonds. The number of amides is 3. The van der Waals surface area contributed by atoms with E-state index in [1.807, 2.05) is 42.2 Å². The van der Waals surface area contributed by atoms with Crippen molar-refractivity contribution in [3.05, 3.63) is 64.7 Å². The zero-order valence-electron chi connectivity index (χ0n) is 19.0. The predicted molar refractivity (Wildman–Crippen MR) is 125 cm³/mol. The number of rotatable bonds is 7. The largest absolute Gasteiger partial charge is 0.394 e. The average molecular weight is 451 g/mol.